The summed E-state index contributed by atoms with van der Waals surface area (Å²) in [7, 11) is 0. The fraction of sp³-hybridized carbons (Fsp3) is 0.556. The van der Waals surface area contributed by atoms with E-state index in [9.17, 15) is 4.79 Å². The first-order valence-corrected chi connectivity index (χ1v) is 8.34. The minimum atomic E-state index is 0.0695. The Morgan fingerprint density at radius 3 is 2.74 bits per heavy atom. The molecule has 2 saturated heterocycles. The first-order valence-electron chi connectivity index (χ1n) is 8.34. The van der Waals surface area contributed by atoms with Gasteiger partial charge in [0.2, 0.25) is 5.91 Å². The topological polar surface area (TPSA) is 56.6 Å². The van der Waals surface area contributed by atoms with Crippen molar-refractivity contribution in [3.8, 4) is 6.07 Å². The fourth-order valence-corrected chi connectivity index (χ4v) is 3.28. The number of amides is 1. The van der Waals surface area contributed by atoms with Crippen molar-refractivity contribution >= 4 is 5.91 Å². The first kappa shape index (κ1) is 16.0. The van der Waals surface area contributed by atoms with Crippen LogP contribution >= 0.6 is 0 Å². The molecule has 1 aromatic carbocycles. The van der Waals surface area contributed by atoms with E-state index in [1.54, 1.807) is 0 Å². The molecule has 122 valence electrons. The van der Waals surface area contributed by atoms with Gasteiger partial charge in [0, 0.05) is 39.3 Å². The summed E-state index contributed by atoms with van der Waals surface area (Å²) < 4.78 is 5.34. The minimum absolute atomic E-state index is 0.0695. The highest BCUT2D eigenvalue weighted by molar-refractivity contribution is 5.79. The highest BCUT2D eigenvalue weighted by Crippen LogP contribution is 2.17. The van der Waals surface area contributed by atoms with Crippen LogP contribution in [0.15, 0.2) is 24.3 Å². The second kappa shape index (κ2) is 7.58. The SMILES string of the molecule is N#Cc1ccc(CN2CCCN(C(=O)[C@@H]3CCOC3)CC2)cc1. The maximum absolute atomic E-state index is 12.5. The van der Waals surface area contributed by atoms with Crippen LogP contribution in [-0.4, -0.2) is 55.1 Å². The Morgan fingerprint density at radius 2 is 2.04 bits per heavy atom. The Hall–Kier alpha value is -1.90. The van der Waals surface area contributed by atoms with E-state index in [1.165, 1.54) is 5.56 Å². The predicted molar refractivity (Wildman–Crippen MR) is 86.6 cm³/mol. The van der Waals surface area contributed by atoms with Crippen molar-refractivity contribution in [2.24, 2.45) is 5.92 Å². The Kier molecular flexibility index (Phi) is 5.27. The molecule has 0 spiro atoms. The number of nitrogens with zero attached hydrogens (tertiary/aromatic N) is 3. The van der Waals surface area contributed by atoms with Crippen LogP contribution in [0.1, 0.15) is 24.0 Å². The normalized spacial score (nSPS) is 22.6. The van der Waals surface area contributed by atoms with Gasteiger partial charge in [0.05, 0.1) is 24.2 Å². The average Bonchev–Trinajstić information content (AvgIpc) is 3.02. The molecule has 2 heterocycles. The van der Waals surface area contributed by atoms with E-state index in [4.69, 9.17) is 10.00 Å². The summed E-state index contributed by atoms with van der Waals surface area (Å²) in [5.41, 5.74) is 1.91. The number of carbonyl (C=O) groups excluding carboxylic acids is 1. The first-order chi connectivity index (χ1) is 11.3. The Labute approximate surface area is 137 Å². The monoisotopic (exact) mass is 313 g/mol. The lowest BCUT2D eigenvalue weighted by Crippen LogP contribution is -2.39. The zero-order valence-electron chi connectivity index (χ0n) is 13.4. The molecule has 2 fully saturated rings. The average molecular weight is 313 g/mol. The standard InChI is InChI=1S/C18H23N3O2/c19-12-15-2-4-16(5-3-15)13-20-7-1-8-21(10-9-20)18(22)17-6-11-23-14-17/h2-5,17H,1,6-11,13-14H2/t17-/m1/s1. The molecular weight excluding hydrogens is 290 g/mol. The van der Waals surface area contributed by atoms with Crippen molar-refractivity contribution in [1.82, 2.24) is 9.80 Å². The predicted octanol–water partition coefficient (Wildman–Crippen LogP) is 1.63. The Bertz CT molecular complexity index is 573. The molecule has 0 unspecified atom stereocenters. The van der Waals surface area contributed by atoms with Crippen LogP contribution in [-0.2, 0) is 16.1 Å². The number of hydrogen-bond donors (Lipinski definition) is 0. The molecule has 0 bridgehead atoms. The van der Waals surface area contributed by atoms with E-state index in [2.05, 4.69) is 11.0 Å². The fourth-order valence-electron chi connectivity index (χ4n) is 3.28. The van der Waals surface area contributed by atoms with Crippen molar-refractivity contribution in [1.29, 1.82) is 5.26 Å². The molecule has 0 aliphatic carbocycles. The maximum Gasteiger partial charge on any atom is 0.228 e. The highest BCUT2D eigenvalue weighted by Gasteiger charge is 2.29. The van der Waals surface area contributed by atoms with Crippen LogP contribution in [0, 0.1) is 17.2 Å². The number of rotatable bonds is 3. The molecule has 2 aliphatic heterocycles. The van der Waals surface area contributed by atoms with Crippen LogP contribution in [0.5, 0.6) is 0 Å². The number of hydrogen-bond acceptors (Lipinski definition) is 4. The molecule has 0 saturated carbocycles. The maximum atomic E-state index is 12.5. The van der Waals surface area contributed by atoms with Crippen LogP contribution in [0.4, 0.5) is 0 Å². The van der Waals surface area contributed by atoms with Crippen LogP contribution in [0.25, 0.3) is 0 Å². The van der Waals surface area contributed by atoms with Gasteiger partial charge in [-0.1, -0.05) is 12.1 Å². The molecule has 1 amide bonds. The van der Waals surface area contributed by atoms with Gasteiger partial charge in [-0.25, -0.2) is 0 Å². The Morgan fingerprint density at radius 1 is 1.22 bits per heavy atom. The molecule has 0 radical (unpaired) electrons. The Balaban J connectivity index is 1.53. The summed E-state index contributed by atoms with van der Waals surface area (Å²) in [6.45, 7) is 5.73. The van der Waals surface area contributed by atoms with Gasteiger partial charge in [-0.15, -0.1) is 0 Å². The van der Waals surface area contributed by atoms with E-state index >= 15 is 0 Å². The van der Waals surface area contributed by atoms with Gasteiger partial charge in [-0.05, 0) is 30.5 Å². The second-order valence-corrected chi connectivity index (χ2v) is 6.32. The van der Waals surface area contributed by atoms with E-state index in [0.717, 1.165) is 52.2 Å². The third-order valence-electron chi connectivity index (χ3n) is 4.67. The molecule has 5 heteroatoms. The molecule has 3 rings (SSSR count). The zero-order chi connectivity index (χ0) is 16.1. The van der Waals surface area contributed by atoms with E-state index in [1.807, 2.05) is 29.2 Å². The van der Waals surface area contributed by atoms with E-state index in [0.29, 0.717) is 12.2 Å². The molecule has 1 aromatic rings. The summed E-state index contributed by atoms with van der Waals surface area (Å²) in [5.74, 6) is 0.336. The summed E-state index contributed by atoms with van der Waals surface area (Å²) in [6.07, 6.45) is 1.87. The minimum Gasteiger partial charge on any atom is -0.381 e. The number of nitriles is 1. The lowest BCUT2D eigenvalue weighted by molar-refractivity contribution is -0.135. The van der Waals surface area contributed by atoms with Crippen molar-refractivity contribution in [3.63, 3.8) is 0 Å². The third-order valence-corrected chi connectivity index (χ3v) is 4.67. The zero-order valence-corrected chi connectivity index (χ0v) is 13.4. The van der Waals surface area contributed by atoms with Crippen LogP contribution in [0.2, 0.25) is 0 Å². The summed E-state index contributed by atoms with van der Waals surface area (Å²) in [4.78, 5) is 16.9. The van der Waals surface area contributed by atoms with Gasteiger partial charge in [-0.3, -0.25) is 9.69 Å². The summed E-state index contributed by atoms with van der Waals surface area (Å²) in [6, 6.07) is 9.91. The van der Waals surface area contributed by atoms with Crippen molar-refractivity contribution in [3.05, 3.63) is 35.4 Å². The van der Waals surface area contributed by atoms with Gasteiger partial charge in [0.15, 0.2) is 0 Å². The molecule has 0 aromatic heterocycles. The largest absolute Gasteiger partial charge is 0.381 e. The van der Waals surface area contributed by atoms with Gasteiger partial charge in [-0.2, -0.15) is 5.26 Å². The second-order valence-electron chi connectivity index (χ2n) is 6.32. The van der Waals surface area contributed by atoms with E-state index < -0.39 is 0 Å². The lowest BCUT2D eigenvalue weighted by atomic mass is 10.1. The summed E-state index contributed by atoms with van der Waals surface area (Å²) in [5, 5.41) is 8.85. The van der Waals surface area contributed by atoms with Crippen LogP contribution < -0.4 is 0 Å². The van der Waals surface area contributed by atoms with Gasteiger partial charge in [0.1, 0.15) is 0 Å². The van der Waals surface area contributed by atoms with Gasteiger partial charge < -0.3 is 9.64 Å². The number of carbonyl (C=O) groups is 1. The third kappa shape index (κ3) is 4.10. The summed E-state index contributed by atoms with van der Waals surface area (Å²) >= 11 is 0. The van der Waals surface area contributed by atoms with Crippen molar-refractivity contribution < 1.29 is 9.53 Å². The highest BCUT2D eigenvalue weighted by atomic mass is 16.5. The van der Waals surface area contributed by atoms with Gasteiger partial charge >= 0.3 is 0 Å². The molecular formula is C18H23N3O2. The smallest absolute Gasteiger partial charge is 0.228 e. The lowest BCUT2D eigenvalue weighted by Gasteiger charge is -2.24. The van der Waals surface area contributed by atoms with Crippen LogP contribution in [0.3, 0.4) is 0 Å². The molecule has 0 N–H and O–H groups in total. The number of ether oxygens (including phenoxy) is 1. The molecule has 2 aliphatic rings. The number of benzene rings is 1. The molecule has 5 nitrogen and oxygen atoms in total. The van der Waals surface area contributed by atoms with Gasteiger partial charge in [0.25, 0.3) is 0 Å². The van der Waals surface area contributed by atoms with Crippen molar-refractivity contribution in [2.75, 3.05) is 39.4 Å². The quantitative estimate of drug-likeness (QED) is 0.851. The molecule has 23 heavy (non-hydrogen) atoms. The van der Waals surface area contributed by atoms with E-state index in [-0.39, 0.29) is 11.8 Å². The molecule has 1 atom stereocenters. The van der Waals surface area contributed by atoms with Crippen molar-refractivity contribution in [2.45, 2.75) is 19.4 Å².